The molecule has 0 fully saturated rings. The first-order valence-corrected chi connectivity index (χ1v) is 5.80. The maximum absolute atomic E-state index is 11.2. The van der Waals surface area contributed by atoms with Crippen LogP contribution in [0.2, 0.25) is 0 Å². The molecule has 0 aromatic rings. The molecule has 0 aromatic carbocycles. The topological polar surface area (TPSA) is 66.4 Å². The number of rotatable bonds is 7. The summed E-state index contributed by atoms with van der Waals surface area (Å²) in [7, 11) is 0. The van der Waals surface area contributed by atoms with Crippen molar-refractivity contribution in [2.24, 2.45) is 0 Å². The zero-order valence-corrected chi connectivity index (χ0v) is 9.39. The average Bonchev–Trinajstić information content (AvgIpc) is 2.12. The molecule has 0 heterocycles. The number of carboxylic acid groups (broad SMARTS) is 1. The first-order valence-electron chi connectivity index (χ1n) is 4.65. The van der Waals surface area contributed by atoms with Crippen molar-refractivity contribution >= 4 is 23.6 Å². The van der Waals surface area contributed by atoms with Crippen LogP contribution in [-0.2, 0) is 9.59 Å². The largest absolute Gasteiger partial charge is 0.481 e. The fourth-order valence-corrected chi connectivity index (χ4v) is 1.47. The van der Waals surface area contributed by atoms with Gasteiger partial charge in [0.05, 0.1) is 12.2 Å². The summed E-state index contributed by atoms with van der Waals surface area (Å²) in [6, 6.07) is 0.197. The van der Waals surface area contributed by atoms with Gasteiger partial charge in [0.15, 0.2) is 0 Å². The van der Waals surface area contributed by atoms with E-state index in [4.69, 9.17) is 5.11 Å². The molecule has 4 nitrogen and oxygen atoms in total. The summed E-state index contributed by atoms with van der Waals surface area (Å²) in [5, 5.41) is 11.2. The van der Waals surface area contributed by atoms with E-state index in [0.29, 0.717) is 11.5 Å². The normalized spacial score (nSPS) is 12.1. The highest BCUT2D eigenvalue weighted by Crippen LogP contribution is 2.02. The first kappa shape index (κ1) is 13.3. The van der Waals surface area contributed by atoms with Gasteiger partial charge in [0.25, 0.3) is 0 Å². The Bertz CT molecular complexity index is 196. The number of thioether (sulfide) groups is 1. The summed E-state index contributed by atoms with van der Waals surface area (Å²) in [6.45, 7) is 3.95. The SMILES string of the molecule is CCC(C)NC(=O)CSCCC(=O)O. The smallest absolute Gasteiger partial charge is 0.304 e. The van der Waals surface area contributed by atoms with E-state index in [2.05, 4.69) is 5.32 Å². The molecule has 0 saturated carbocycles. The average molecular weight is 219 g/mol. The van der Waals surface area contributed by atoms with Crippen LogP contribution in [0.25, 0.3) is 0 Å². The minimum absolute atomic E-state index is 0.0188. The summed E-state index contributed by atoms with van der Waals surface area (Å²) >= 11 is 1.35. The Balaban J connectivity index is 3.40. The van der Waals surface area contributed by atoms with Gasteiger partial charge in [-0.1, -0.05) is 6.92 Å². The summed E-state index contributed by atoms with van der Waals surface area (Å²) in [6.07, 6.45) is 1.02. The second-order valence-electron chi connectivity index (χ2n) is 3.07. The van der Waals surface area contributed by atoms with Gasteiger partial charge in [-0.05, 0) is 13.3 Å². The van der Waals surface area contributed by atoms with Crippen molar-refractivity contribution in [3.8, 4) is 0 Å². The minimum Gasteiger partial charge on any atom is -0.481 e. The van der Waals surface area contributed by atoms with Crippen LogP contribution in [0.15, 0.2) is 0 Å². The van der Waals surface area contributed by atoms with Crippen LogP contribution in [0, 0.1) is 0 Å². The van der Waals surface area contributed by atoms with Gasteiger partial charge in [0, 0.05) is 11.8 Å². The van der Waals surface area contributed by atoms with E-state index in [1.165, 1.54) is 11.8 Å². The number of carboxylic acids is 1. The lowest BCUT2D eigenvalue weighted by atomic mass is 10.3. The van der Waals surface area contributed by atoms with Crippen LogP contribution in [0.4, 0.5) is 0 Å². The molecule has 0 radical (unpaired) electrons. The van der Waals surface area contributed by atoms with E-state index in [-0.39, 0.29) is 18.4 Å². The lowest BCUT2D eigenvalue weighted by Gasteiger charge is -2.10. The zero-order valence-electron chi connectivity index (χ0n) is 8.58. The Kier molecular flexibility index (Phi) is 7.28. The van der Waals surface area contributed by atoms with Gasteiger partial charge < -0.3 is 10.4 Å². The Morgan fingerprint density at radius 2 is 2.14 bits per heavy atom. The molecule has 0 spiro atoms. The molecule has 14 heavy (non-hydrogen) atoms. The Morgan fingerprint density at radius 3 is 2.64 bits per heavy atom. The van der Waals surface area contributed by atoms with E-state index in [9.17, 15) is 9.59 Å². The molecule has 1 unspecified atom stereocenters. The number of carbonyl (C=O) groups is 2. The molecule has 1 amide bonds. The van der Waals surface area contributed by atoms with Crippen molar-refractivity contribution in [2.45, 2.75) is 32.7 Å². The van der Waals surface area contributed by atoms with Gasteiger partial charge in [0.1, 0.15) is 0 Å². The van der Waals surface area contributed by atoms with E-state index in [0.717, 1.165) is 6.42 Å². The van der Waals surface area contributed by atoms with Crippen molar-refractivity contribution in [2.75, 3.05) is 11.5 Å². The van der Waals surface area contributed by atoms with Crippen molar-refractivity contribution < 1.29 is 14.7 Å². The van der Waals surface area contributed by atoms with Crippen LogP contribution in [0.3, 0.4) is 0 Å². The monoisotopic (exact) mass is 219 g/mol. The molecule has 82 valence electrons. The maximum atomic E-state index is 11.2. The zero-order chi connectivity index (χ0) is 11.0. The number of amides is 1. The molecule has 0 aliphatic heterocycles. The van der Waals surface area contributed by atoms with Gasteiger partial charge in [-0.3, -0.25) is 9.59 Å². The molecular weight excluding hydrogens is 202 g/mol. The first-order chi connectivity index (χ1) is 6.56. The number of nitrogens with one attached hydrogen (secondary N) is 1. The van der Waals surface area contributed by atoms with Crippen molar-refractivity contribution in [3.63, 3.8) is 0 Å². The Morgan fingerprint density at radius 1 is 1.50 bits per heavy atom. The lowest BCUT2D eigenvalue weighted by Crippen LogP contribution is -2.33. The van der Waals surface area contributed by atoms with Crippen LogP contribution < -0.4 is 5.32 Å². The van der Waals surface area contributed by atoms with Crippen molar-refractivity contribution in [3.05, 3.63) is 0 Å². The third kappa shape index (κ3) is 7.91. The lowest BCUT2D eigenvalue weighted by molar-refractivity contribution is -0.136. The summed E-state index contributed by atoms with van der Waals surface area (Å²) in [5.41, 5.74) is 0. The molecule has 0 aromatic heterocycles. The number of carbonyl (C=O) groups excluding carboxylic acids is 1. The van der Waals surface area contributed by atoms with Crippen LogP contribution >= 0.6 is 11.8 Å². The fraction of sp³-hybridized carbons (Fsp3) is 0.778. The number of aliphatic carboxylic acids is 1. The molecule has 0 aliphatic rings. The van der Waals surface area contributed by atoms with Gasteiger partial charge in [-0.15, -0.1) is 0 Å². The van der Waals surface area contributed by atoms with E-state index in [1.807, 2.05) is 13.8 Å². The highest BCUT2D eigenvalue weighted by atomic mass is 32.2. The molecule has 2 N–H and O–H groups in total. The highest BCUT2D eigenvalue weighted by Gasteiger charge is 2.05. The predicted octanol–water partition coefficient (Wildman–Crippen LogP) is 1.11. The van der Waals surface area contributed by atoms with E-state index in [1.54, 1.807) is 0 Å². The van der Waals surface area contributed by atoms with Crippen molar-refractivity contribution in [1.29, 1.82) is 0 Å². The summed E-state index contributed by atoms with van der Waals surface area (Å²) < 4.78 is 0. The van der Waals surface area contributed by atoms with E-state index >= 15 is 0 Å². The summed E-state index contributed by atoms with van der Waals surface area (Å²) in [4.78, 5) is 21.3. The number of hydrogen-bond donors (Lipinski definition) is 2. The second-order valence-corrected chi connectivity index (χ2v) is 4.18. The molecular formula is C9H17NO3S. The minimum atomic E-state index is -0.820. The van der Waals surface area contributed by atoms with Crippen LogP contribution in [0.5, 0.6) is 0 Å². The van der Waals surface area contributed by atoms with Crippen molar-refractivity contribution in [1.82, 2.24) is 5.32 Å². The standard InChI is InChI=1S/C9H17NO3S/c1-3-7(2)10-8(11)6-14-5-4-9(12)13/h7H,3-6H2,1-2H3,(H,10,11)(H,12,13). The molecule has 1 atom stereocenters. The van der Waals surface area contributed by atoms with Gasteiger partial charge in [-0.25, -0.2) is 0 Å². The van der Waals surface area contributed by atoms with Crippen LogP contribution in [-0.4, -0.2) is 34.5 Å². The third-order valence-corrected chi connectivity index (χ3v) is 2.67. The molecule has 0 rings (SSSR count). The number of hydrogen-bond acceptors (Lipinski definition) is 3. The quantitative estimate of drug-likeness (QED) is 0.629. The Labute approximate surface area is 88.4 Å². The fourth-order valence-electron chi connectivity index (χ4n) is 0.743. The highest BCUT2D eigenvalue weighted by molar-refractivity contribution is 7.99. The third-order valence-electron chi connectivity index (χ3n) is 1.71. The predicted molar refractivity (Wildman–Crippen MR) is 57.5 cm³/mol. The van der Waals surface area contributed by atoms with E-state index < -0.39 is 5.97 Å². The molecule has 0 bridgehead atoms. The summed E-state index contributed by atoms with van der Waals surface area (Å²) in [5.74, 6) is -0.00415. The van der Waals surface area contributed by atoms with Gasteiger partial charge >= 0.3 is 5.97 Å². The van der Waals surface area contributed by atoms with Crippen LogP contribution in [0.1, 0.15) is 26.7 Å². The Hall–Kier alpha value is -0.710. The molecule has 5 heteroatoms. The molecule has 0 aliphatic carbocycles. The maximum Gasteiger partial charge on any atom is 0.304 e. The second kappa shape index (κ2) is 7.67. The van der Waals surface area contributed by atoms with Gasteiger partial charge in [-0.2, -0.15) is 11.8 Å². The molecule has 0 saturated heterocycles. The van der Waals surface area contributed by atoms with Gasteiger partial charge in [0.2, 0.25) is 5.91 Å².